The molecule has 142 valence electrons. The molecule has 1 rings (SSSR count). The summed E-state index contributed by atoms with van der Waals surface area (Å²) >= 11 is 0. The average molecular weight is 358 g/mol. The van der Waals surface area contributed by atoms with Crippen LogP contribution in [0.5, 0.6) is 0 Å². The fourth-order valence-corrected chi connectivity index (χ4v) is 2.62. The van der Waals surface area contributed by atoms with Crippen LogP contribution in [0.3, 0.4) is 0 Å². The zero-order valence-electron chi connectivity index (χ0n) is 13.9. The normalized spacial score (nSPS) is 19.1. The lowest BCUT2D eigenvalue weighted by molar-refractivity contribution is -0.144. The fourth-order valence-electron chi connectivity index (χ4n) is 2.62. The van der Waals surface area contributed by atoms with Crippen LogP contribution in [0.2, 0.25) is 0 Å². The van der Waals surface area contributed by atoms with E-state index in [1.54, 1.807) is 0 Å². The van der Waals surface area contributed by atoms with E-state index in [2.05, 4.69) is 10.3 Å². The summed E-state index contributed by atoms with van der Waals surface area (Å²) in [7, 11) is 0. The fraction of sp³-hybridized carbons (Fsp3) is 0.714. The zero-order chi connectivity index (χ0) is 19.0. The number of amides is 2. The Morgan fingerprint density at radius 1 is 1.32 bits per heavy atom. The van der Waals surface area contributed by atoms with Gasteiger partial charge in [-0.1, -0.05) is 0 Å². The highest BCUT2D eigenvalue weighted by atomic mass is 16.4. The number of guanidine groups is 1. The number of carbonyl (C=O) groups excluding carboxylic acids is 2. The van der Waals surface area contributed by atoms with Gasteiger partial charge in [0.1, 0.15) is 18.1 Å². The Morgan fingerprint density at radius 2 is 2.00 bits per heavy atom. The van der Waals surface area contributed by atoms with E-state index >= 15 is 0 Å². The summed E-state index contributed by atoms with van der Waals surface area (Å²) in [6.45, 7) is 0.0699. The third kappa shape index (κ3) is 6.19. The molecular formula is C14H26N6O5. The van der Waals surface area contributed by atoms with E-state index in [1.807, 2.05) is 0 Å². The molecule has 25 heavy (non-hydrogen) atoms. The zero-order valence-corrected chi connectivity index (χ0v) is 13.9. The van der Waals surface area contributed by atoms with Crippen LogP contribution in [-0.2, 0) is 14.4 Å². The van der Waals surface area contributed by atoms with Gasteiger partial charge < -0.3 is 37.6 Å². The van der Waals surface area contributed by atoms with Crippen LogP contribution >= 0.6 is 0 Å². The van der Waals surface area contributed by atoms with Gasteiger partial charge in [-0.15, -0.1) is 0 Å². The number of hydrogen-bond donors (Lipinski definition) is 6. The number of aliphatic hydroxyl groups is 1. The molecule has 0 spiro atoms. The maximum atomic E-state index is 12.4. The third-order valence-electron chi connectivity index (χ3n) is 3.91. The predicted octanol–water partition coefficient (Wildman–Crippen LogP) is -3.08. The van der Waals surface area contributed by atoms with Crippen molar-refractivity contribution in [1.29, 1.82) is 0 Å². The van der Waals surface area contributed by atoms with Crippen molar-refractivity contribution in [2.24, 2.45) is 22.2 Å². The lowest BCUT2D eigenvalue weighted by atomic mass is 10.1. The largest absolute Gasteiger partial charge is 0.480 e. The molecule has 1 aliphatic heterocycles. The molecule has 0 unspecified atom stereocenters. The molecule has 0 aromatic rings. The van der Waals surface area contributed by atoms with Crippen molar-refractivity contribution in [3.8, 4) is 0 Å². The van der Waals surface area contributed by atoms with Gasteiger partial charge in [0.25, 0.3) is 0 Å². The van der Waals surface area contributed by atoms with Gasteiger partial charge in [-0.3, -0.25) is 14.6 Å². The molecule has 0 aliphatic carbocycles. The van der Waals surface area contributed by atoms with E-state index in [1.165, 1.54) is 4.90 Å². The smallest absolute Gasteiger partial charge is 0.326 e. The summed E-state index contributed by atoms with van der Waals surface area (Å²) in [5, 5.41) is 20.7. The molecule has 11 nitrogen and oxygen atoms in total. The minimum atomic E-state index is -1.18. The Hall–Kier alpha value is -2.40. The highest BCUT2D eigenvalue weighted by Crippen LogP contribution is 2.18. The number of aliphatic hydroxyl groups excluding tert-OH is 1. The first-order valence-corrected chi connectivity index (χ1v) is 8.03. The number of nitrogens with two attached hydrogens (primary N) is 3. The Morgan fingerprint density at radius 3 is 2.56 bits per heavy atom. The van der Waals surface area contributed by atoms with Crippen molar-refractivity contribution < 1.29 is 24.6 Å². The van der Waals surface area contributed by atoms with Gasteiger partial charge in [-0.25, -0.2) is 4.79 Å². The molecule has 9 N–H and O–H groups in total. The summed E-state index contributed by atoms with van der Waals surface area (Å²) in [5.74, 6) is -2.35. The van der Waals surface area contributed by atoms with Crippen molar-refractivity contribution in [3.63, 3.8) is 0 Å². The molecule has 2 amide bonds. The molecule has 0 saturated carbocycles. The van der Waals surface area contributed by atoms with E-state index in [-0.39, 0.29) is 18.9 Å². The molecule has 1 saturated heterocycles. The topological polar surface area (TPSA) is 197 Å². The summed E-state index contributed by atoms with van der Waals surface area (Å²) < 4.78 is 0. The number of carboxylic acid groups (broad SMARTS) is 1. The van der Waals surface area contributed by atoms with E-state index in [0.717, 1.165) is 0 Å². The van der Waals surface area contributed by atoms with Crippen LogP contribution < -0.4 is 22.5 Å². The molecule has 1 aliphatic rings. The molecule has 0 aromatic heterocycles. The first-order chi connectivity index (χ1) is 11.8. The molecule has 0 aromatic carbocycles. The molecule has 11 heteroatoms. The second-order valence-corrected chi connectivity index (χ2v) is 5.83. The average Bonchev–Trinajstić information content (AvgIpc) is 3.05. The minimum absolute atomic E-state index is 0.0868. The quantitative estimate of drug-likeness (QED) is 0.142. The molecule has 0 bridgehead atoms. The van der Waals surface area contributed by atoms with Gasteiger partial charge in [0.15, 0.2) is 5.96 Å². The van der Waals surface area contributed by atoms with Crippen LogP contribution in [0.25, 0.3) is 0 Å². The van der Waals surface area contributed by atoms with Gasteiger partial charge in [-0.05, 0) is 25.7 Å². The number of aliphatic carboxylic acids is 1. The summed E-state index contributed by atoms with van der Waals surface area (Å²) in [6, 6.07) is -2.99. The molecular weight excluding hydrogens is 332 g/mol. The summed E-state index contributed by atoms with van der Waals surface area (Å²) in [5.41, 5.74) is 15.9. The highest BCUT2D eigenvalue weighted by Gasteiger charge is 2.37. The number of rotatable bonds is 9. The predicted molar refractivity (Wildman–Crippen MR) is 89.3 cm³/mol. The van der Waals surface area contributed by atoms with Gasteiger partial charge in [0, 0.05) is 13.1 Å². The van der Waals surface area contributed by atoms with Crippen LogP contribution in [0.15, 0.2) is 4.99 Å². The van der Waals surface area contributed by atoms with Gasteiger partial charge in [0.05, 0.1) is 6.61 Å². The lowest BCUT2D eigenvalue weighted by Crippen LogP contribution is -2.54. The van der Waals surface area contributed by atoms with E-state index < -0.39 is 42.5 Å². The van der Waals surface area contributed by atoms with Crippen molar-refractivity contribution in [3.05, 3.63) is 0 Å². The number of hydrogen-bond acceptors (Lipinski definition) is 6. The number of likely N-dealkylation sites (tertiary alicyclic amines) is 1. The Balaban J connectivity index is 2.64. The third-order valence-corrected chi connectivity index (χ3v) is 3.91. The second kappa shape index (κ2) is 9.79. The first kappa shape index (κ1) is 20.6. The van der Waals surface area contributed by atoms with Gasteiger partial charge in [0.2, 0.25) is 11.8 Å². The Kier molecular flexibility index (Phi) is 8.08. The standard InChI is InChI=1S/C14H26N6O5/c15-8(7-21)12(23)20-6-2-4-10(20)11(22)19-9(13(24)25)3-1-5-18-14(16)17/h8-10,21H,1-7,15H2,(H,19,22)(H,24,25)(H4,16,17,18)/t8-,9-,10-/m0/s1. The van der Waals surface area contributed by atoms with Crippen molar-refractivity contribution in [2.75, 3.05) is 19.7 Å². The van der Waals surface area contributed by atoms with Crippen LogP contribution in [-0.4, -0.2) is 76.7 Å². The molecule has 1 heterocycles. The van der Waals surface area contributed by atoms with Gasteiger partial charge in [-0.2, -0.15) is 0 Å². The van der Waals surface area contributed by atoms with E-state index in [0.29, 0.717) is 25.8 Å². The van der Waals surface area contributed by atoms with Crippen molar-refractivity contribution >= 4 is 23.7 Å². The SMILES string of the molecule is NC(N)=NCCC[C@H](NC(=O)[C@@H]1CCCN1C(=O)[C@@H](N)CO)C(=O)O. The minimum Gasteiger partial charge on any atom is -0.480 e. The first-order valence-electron chi connectivity index (χ1n) is 8.03. The maximum Gasteiger partial charge on any atom is 0.326 e. The van der Waals surface area contributed by atoms with E-state index in [9.17, 15) is 19.5 Å². The monoisotopic (exact) mass is 358 g/mol. The molecule has 0 radical (unpaired) electrons. The summed E-state index contributed by atoms with van der Waals surface area (Å²) in [6.07, 6.45) is 1.53. The maximum absolute atomic E-state index is 12.4. The summed E-state index contributed by atoms with van der Waals surface area (Å²) in [4.78, 5) is 40.8. The number of nitrogens with zero attached hydrogens (tertiary/aromatic N) is 2. The van der Waals surface area contributed by atoms with Crippen molar-refractivity contribution in [2.45, 2.75) is 43.8 Å². The number of carboxylic acids is 1. The highest BCUT2D eigenvalue weighted by molar-refractivity contribution is 5.92. The van der Waals surface area contributed by atoms with E-state index in [4.69, 9.17) is 22.3 Å². The molecule has 3 atom stereocenters. The van der Waals surface area contributed by atoms with Crippen LogP contribution in [0, 0.1) is 0 Å². The Labute approximate surface area is 145 Å². The number of carbonyl (C=O) groups is 3. The van der Waals surface area contributed by atoms with Crippen LogP contribution in [0.1, 0.15) is 25.7 Å². The van der Waals surface area contributed by atoms with Gasteiger partial charge >= 0.3 is 5.97 Å². The van der Waals surface area contributed by atoms with Crippen molar-refractivity contribution in [1.82, 2.24) is 10.2 Å². The Bertz CT molecular complexity index is 522. The lowest BCUT2D eigenvalue weighted by Gasteiger charge is -2.27. The second-order valence-electron chi connectivity index (χ2n) is 5.83. The number of nitrogens with one attached hydrogen (secondary N) is 1. The molecule has 1 fully saturated rings. The van der Waals surface area contributed by atoms with Crippen LogP contribution in [0.4, 0.5) is 0 Å². The number of aliphatic imine (C=N–C) groups is 1.